The van der Waals surface area contributed by atoms with E-state index in [1.54, 1.807) is 6.92 Å². The molecule has 0 bridgehead atoms. The number of rotatable bonds is 4. The number of carbonyl (C=O) groups is 2. The van der Waals surface area contributed by atoms with E-state index in [0.29, 0.717) is 0 Å². The van der Waals surface area contributed by atoms with Crippen molar-refractivity contribution in [2.75, 3.05) is 15.4 Å². The molecule has 6 nitrogen and oxygen atoms in total. The van der Waals surface area contributed by atoms with Crippen LogP contribution < -0.4 is 9.62 Å². The molecule has 1 aliphatic heterocycles. The second kappa shape index (κ2) is 7.80. The summed E-state index contributed by atoms with van der Waals surface area (Å²) < 4.78 is 25.3. The van der Waals surface area contributed by atoms with Crippen LogP contribution in [0.5, 0.6) is 0 Å². The summed E-state index contributed by atoms with van der Waals surface area (Å²) in [6.07, 6.45) is 0. The largest absolute Gasteiger partial charge is 0.321 e. The molecule has 2 aromatic rings. The lowest BCUT2D eigenvalue weighted by Gasteiger charge is -2.18. The molecule has 154 valence electrons. The number of nitrogens with zero attached hydrogens (tertiary/aromatic N) is 1. The molecule has 1 atom stereocenters. The minimum Gasteiger partial charge on any atom is -0.321 e. The smallest absolute Gasteiger partial charge is 0.257 e. The van der Waals surface area contributed by atoms with E-state index >= 15 is 0 Å². The molecule has 0 aliphatic carbocycles. The van der Waals surface area contributed by atoms with Gasteiger partial charge in [-0.05, 0) is 42.2 Å². The van der Waals surface area contributed by atoms with Crippen molar-refractivity contribution in [3.05, 3.63) is 58.1 Å². The molecule has 0 radical (unpaired) electrons. The third-order valence-corrected chi connectivity index (χ3v) is 7.14. The summed E-state index contributed by atoms with van der Waals surface area (Å²) in [5, 5.41) is 2.99. The average Bonchev–Trinajstić information content (AvgIpc) is 2.83. The first kappa shape index (κ1) is 21.3. The van der Waals surface area contributed by atoms with Crippen molar-refractivity contribution in [1.82, 2.24) is 0 Å². The van der Waals surface area contributed by atoms with E-state index < -0.39 is 27.8 Å². The lowest BCUT2D eigenvalue weighted by molar-refractivity contribution is -0.119. The van der Waals surface area contributed by atoms with Crippen LogP contribution in [0.25, 0.3) is 0 Å². The van der Waals surface area contributed by atoms with E-state index in [1.165, 1.54) is 18.2 Å². The summed E-state index contributed by atoms with van der Waals surface area (Å²) in [6, 6.07) is 10.0. The number of hydrogen-bond donors (Lipinski definition) is 1. The van der Waals surface area contributed by atoms with Crippen molar-refractivity contribution < 1.29 is 18.0 Å². The quantitative estimate of drug-likeness (QED) is 0.775. The van der Waals surface area contributed by atoms with Crippen molar-refractivity contribution in [3.8, 4) is 0 Å². The standard InChI is InChI=1S/C21H23ClN2O4S/c1-12(2)16-7-5-6-13(3)19(16)23-20(25)17-9-8-15(10-18(17)22)24-21(26)14(4)11-29(24,27)28/h5-10,12,14H,11H2,1-4H3,(H,23,25). The molecule has 3 rings (SSSR count). The fraction of sp³-hybridized carbons (Fsp3) is 0.333. The molecule has 1 heterocycles. The Balaban J connectivity index is 1.93. The zero-order valence-corrected chi connectivity index (χ0v) is 18.3. The van der Waals surface area contributed by atoms with Gasteiger partial charge >= 0.3 is 0 Å². The van der Waals surface area contributed by atoms with Gasteiger partial charge in [0.25, 0.3) is 5.91 Å². The number of nitrogens with one attached hydrogen (secondary N) is 1. The maximum absolute atomic E-state index is 12.8. The predicted molar refractivity (Wildman–Crippen MR) is 115 cm³/mol. The molecule has 29 heavy (non-hydrogen) atoms. The number of para-hydroxylation sites is 1. The summed E-state index contributed by atoms with van der Waals surface area (Å²) in [7, 11) is -3.73. The number of anilines is 2. The van der Waals surface area contributed by atoms with Crippen LogP contribution in [0.3, 0.4) is 0 Å². The first-order valence-corrected chi connectivity index (χ1v) is 11.3. The van der Waals surface area contributed by atoms with Gasteiger partial charge in [0, 0.05) is 5.69 Å². The molecule has 2 amide bonds. The van der Waals surface area contributed by atoms with Gasteiger partial charge in [0.2, 0.25) is 15.9 Å². The Hall–Kier alpha value is -2.38. The monoisotopic (exact) mass is 434 g/mol. The molecule has 2 aromatic carbocycles. The minimum atomic E-state index is -3.73. The van der Waals surface area contributed by atoms with Crippen molar-refractivity contribution in [2.24, 2.45) is 5.92 Å². The summed E-state index contributed by atoms with van der Waals surface area (Å²) >= 11 is 6.29. The zero-order chi connectivity index (χ0) is 21.5. The van der Waals surface area contributed by atoms with Crippen LogP contribution in [0.1, 0.15) is 48.2 Å². The fourth-order valence-electron chi connectivity index (χ4n) is 3.42. The molecule has 1 N–H and O–H groups in total. The Morgan fingerprint density at radius 2 is 1.93 bits per heavy atom. The van der Waals surface area contributed by atoms with Gasteiger partial charge in [-0.3, -0.25) is 9.59 Å². The highest BCUT2D eigenvalue weighted by Gasteiger charge is 2.42. The summed E-state index contributed by atoms with van der Waals surface area (Å²) in [4.78, 5) is 25.1. The lowest BCUT2D eigenvalue weighted by atomic mass is 9.98. The van der Waals surface area contributed by atoms with E-state index in [2.05, 4.69) is 5.32 Å². The maximum Gasteiger partial charge on any atom is 0.257 e. The first-order chi connectivity index (χ1) is 13.5. The zero-order valence-electron chi connectivity index (χ0n) is 16.7. The molecule has 0 aromatic heterocycles. The topological polar surface area (TPSA) is 83.6 Å². The van der Waals surface area contributed by atoms with Crippen LogP contribution in [-0.4, -0.2) is 26.0 Å². The van der Waals surface area contributed by atoms with Crippen molar-refractivity contribution in [2.45, 2.75) is 33.6 Å². The SMILES string of the molecule is Cc1cccc(C(C)C)c1NC(=O)c1ccc(N2C(=O)C(C)CS2(=O)=O)cc1Cl. The number of halogens is 1. The molecular weight excluding hydrogens is 412 g/mol. The van der Waals surface area contributed by atoms with Crippen LogP contribution in [0.4, 0.5) is 11.4 Å². The highest BCUT2D eigenvalue weighted by atomic mass is 35.5. The van der Waals surface area contributed by atoms with Gasteiger partial charge in [-0.2, -0.15) is 0 Å². The second-order valence-corrected chi connectivity index (χ2v) is 9.86. The third-order valence-electron chi connectivity index (χ3n) is 4.96. The Morgan fingerprint density at radius 1 is 1.24 bits per heavy atom. The van der Waals surface area contributed by atoms with E-state index in [0.717, 1.165) is 21.1 Å². The Kier molecular flexibility index (Phi) is 5.74. The number of carbonyl (C=O) groups excluding carboxylic acids is 2. The van der Waals surface area contributed by atoms with Crippen LogP contribution in [0, 0.1) is 12.8 Å². The van der Waals surface area contributed by atoms with Crippen LogP contribution >= 0.6 is 11.6 Å². The molecule has 1 aliphatic rings. The van der Waals surface area contributed by atoms with Gasteiger partial charge in [-0.25, -0.2) is 12.7 Å². The third kappa shape index (κ3) is 4.02. The highest BCUT2D eigenvalue weighted by molar-refractivity contribution is 7.94. The van der Waals surface area contributed by atoms with Crippen molar-refractivity contribution in [3.63, 3.8) is 0 Å². The van der Waals surface area contributed by atoms with E-state index in [4.69, 9.17) is 11.6 Å². The minimum absolute atomic E-state index is 0.0715. The van der Waals surface area contributed by atoms with Gasteiger partial charge < -0.3 is 5.32 Å². The van der Waals surface area contributed by atoms with Crippen LogP contribution in [-0.2, 0) is 14.8 Å². The summed E-state index contributed by atoms with van der Waals surface area (Å²) in [5.74, 6) is -1.54. The van der Waals surface area contributed by atoms with Crippen molar-refractivity contribution in [1.29, 1.82) is 0 Å². The lowest BCUT2D eigenvalue weighted by Crippen LogP contribution is -2.30. The van der Waals surface area contributed by atoms with Gasteiger partial charge in [-0.15, -0.1) is 0 Å². The first-order valence-electron chi connectivity index (χ1n) is 9.30. The Bertz CT molecular complexity index is 1100. The van der Waals surface area contributed by atoms with Gasteiger partial charge in [0.15, 0.2) is 0 Å². The number of sulfonamides is 1. The van der Waals surface area contributed by atoms with Gasteiger partial charge in [0.1, 0.15) is 0 Å². The van der Waals surface area contributed by atoms with E-state index in [9.17, 15) is 18.0 Å². The summed E-state index contributed by atoms with van der Waals surface area (Å²) in [6.45, 7) is 7.57. The number of amides is 2. The average molecular weight is 435 g/mol. The molecule has 1 saturated heterocycles. The Morgan fingerprint density at radius 3 is 2.48 bits per heavy atom. The van der Waals surface area contributed by atoms with E-state index in [-0.39, 0.29) is 27.9 Å². The van der Waals surface area contributed by atoms with Gasteiger partial charge in [-0.1, -0.05) is 50.6 Å². The van der Waals surface area contributed by atoms with Crippen molar-refractivity contribution >= 4 is 44.8 Å². The Labute approximate surface area is 175 Å². The molecule has 8 heteroatoms. The number of benzene rings is 2. The molecule has 0 saturated carbocycles. The normalized spacial score (nSPS) is 18.3. The molecular formula is C21H23ClN2O4S. The molecule has 0 spiro atoms. The summed E-state index contributed by atoms with van der Waals surface area (Å²) in [5.41, 5.74) is 3.01. The highest BCUT2D eigenvalue weighted by Crippen LogP contribution is 2.33. The molecule has 1 fully saturated rings. The predicted octanol–water partition coefficient (Wildman–Crippen LogP) is 4.34. The van der Waals surface area contributed by atoms with Crippen LogP contribution in [0.15, 0.2) is 36.4 Å². The molecule has 1 unspecified atom stereocenters. The fourth-order valence-corrected chi connectivity index (χ4v) is 5.50. The maximum atomic E-state index is 12.8. The van der Waals surface area contributed by atoms with E-state index in [1.807, 2.05) is 39.0 Å². The number of aryl methyl sites for hydroxylation is 1. The van der Waals surface area contributed by atoms with Gasteiger partial charge in [0.05, 0.1) is 27.9 Å². The van der Waals surface area contributed by atoms with Crippen LogP contribution in [0.2, 0.25) is 5.02 Å². The number of hydrogen-bond acceptors (Lipinski definition) is 4. The second-order valence-electron chi connectivity index (χ2n) is 7.59.